The number of hydrogen-bond donors (Lipinski definition) is 1. The fourth-order valence-corrected chi connectivity index (χ4v) is 5.16. The summed E-state index contributed by atoms with van der Waals surface area (Å²) in [5.74, 6) is 0.995. The first-order chi connectivity index (χ1) is 10.1. The van der Waals surface area contributed by atoms with Crippen molar-refractivity contribution in [1.29, 1.82) is 0 Å². The lowest BCUT2D eigenvalue weighted by Gasteiger charge is -2.48. The minimum Gasteiger partial charge on any atom is -0.392 e. The van der Waals surface area contributed by atoms with Crippen molar-refractivity contribution >= 4 is 23.1 Å². The molecule has 21 heavy (non-hydrogen) atoms. The van der Waals surface area contributed by atoms with Crippen LogP contribution < -0.4 is 5.73 Å². The van der Waals surface area contributed by atoms with Crippen LogP contribution in [0.3, 0.4) is 0 Å². The van der Waals surface area contributed by atoms with Gasteiger partial charge in [-0.05, 0) is 44.4 Å². The van der Waals surface area contributed by atoms with Gasteiger partial charge in [0.25, 0.3) is 0 Å². The van der Waals surface area contributed by atoms with Gasteiger partial charge in [0.2, 0.25) is 5.91 Å². The fourth-order valence-electron chi connectivity index (χ4n) is 4.87. The Morgan fingerprint density at radius 3 is 2.38 bits per heavy atom. The van der Waals surface area contributed by atoms with Crippen LogP contribution in [0.4, 0.5) is 0 Å². The van der Waals surface area contributed by atoms with Gasteiger partial charge in [0.1, 0.15) is 0 Å². The number of amides is 1. The van der Waals surface area contributed by atoms with Gasteiger partial charge in [0, 0.05) is 12.6 Å². The van der Waals surface area contributed by atoms with Crippen LogP contribution in [0.15, 0.2) is 0 Å². The molecule has 3 nitrogen and oxygen atoms in total. The Morgan fingerprint density at radius 1 is 1.00 bits per heavy atom. The molecule has 0 aromatic heterocycles. The van der Waals surface area contributed by atoms with Crippen LogP contribution in [0.2, 0.25) is 0 Å². The van der Waals surface area contributed by atoms with Crippen molar-refractivity contribution in [3.63, 3.8) is 0 Å². The highest BCUT2D eigenvalue weighted by Gasteiger charge is 2.48. The van der Waals surface area contributed by atoms with E-state index in [0.29, 0.717) is 11.0 Å². The van der Waals surface area contributed by atoms with E-state index in [9.17, 15) is 4.79 Å². The predicted octanol–water partition coefficient (Wildman–Crippen LogP) is 3.40. The maximum Gasteiger partial charge on any atom is 0.235 e. The summed E-state index contributed by atoms with van der Waals surface area (Å²) >= 11 is 5.35. The van der Waals surface area contributed by atoms with Crippen molar-refractivity contribution in [3.05, 3.63) is 0 Å². The summed E-state index contributed by atoms with van der Waals surface area (Å²) in [7, 11) is 0. The Morgan fingerprint density at radius 2 is 1.67 bits per heavy atom. The van der Waals surface area contributed by atoms with Crippen molar-refractivity contribution in [2.75, 3.05) is 6.54 Å². The smallest absolute Gasteiger partial charge is 0.235 e. The molecule has 4 heteroatoms. The van der Waals surface area contributed by atoms with Crippen LogP contribution in [0.5, 0.6) is 0 Å². The number of piperidine rings is 1. The van der Waals surface area contributed by atoms with Crippen molar-refractivity contribution in [3.8, 4) is 0 Å². The minimum absolute atomic E-state index is 0.270. The third-order valence-corrected chi connectivity index (χ3v) is 6.48. The van der Waals surface area contributed by atoms with E-state index < -0.39 is 5.41 Å². The van der Waals surface area contributed by atoms with Gasteiger partial charge in [0.15, 0.2) is 0 Å². The highest BCUT2D eigenvalue weighted by Crippen LogP contribution is 2.42. The van der Waals surface area contributed by atoms with Gasteiger partial charge < -0.3 is 10.6 Å². The van der Waals surface area contributed by atoms with Crippen LogP contribution >= 0.6 is 12.2 Å². The lowest BCUT2D eigenvalue weighted by molar-refractivity contribution is -0.146. The van der Waals surface area contributed by atoms with Crippen LogP contribution in [-0.4, -0.2) is 28.4 Å². The summed E-state index contributed by atoms with van der Waals surface area (Å²) in [6.07, 6.45) is 12.7. The lowest BCUT2D eigenvalue weighted by atomic mass is 9.71. The van der Waals surface area contributed by atoms with Crippen molar-refractivity contribution in [1.82, 2.24) is 4.90 Å². The van der Waals surface area contributed by atoms with Gasteiger partial charge in [-0.15, -0.1) is 0 Å². The SMILES string of the molecule is NC(=S)C1(C(=O)N2CCCC3CCCCC32)CCCCC1. The molecular formula is C17H28N2OS. The van der Waals surface area contributed by atoms with Crippen molar-refractivity contribution in [2.24, 2.45) is 17.1 Å². The number of nitrogens with two attached hydrogens (primary N) is 1. The zero-order valence-electron chi connectivity index (χ0n) is 13.0. The zero-order valence-corrected chi connectivity index (χ0v) is 13.8. The molecule has 2 atom stereocenters. The molecule has 1 amide bonds. The van der Waals surface area contributed by atoms with Crippen LogP contribution in [0.25, 0.3) is 0 Å². The average Bonchev–Trinajstić information content (AvgIpc) is 2.54. The molecule has 2 saturated carbocycles. The summed E-state index contributed by atoms with van der Waals surface area (Å²) in [6, 6.07) is 0.466. The Balaban J connectivity index is 1.83. The number of thiocarbonyl (C=S) groups is 1. The Kier molecular flexibility index (Phi) is 4.53. The maximum atomic E-state index is 13.3. The van der Waals surface area contributed by atoms with Gasteiger partial charge in [-0.2, -0.15) is 0 Å². The lowest BCUT2D eigenvalue weighted by Crippen LogP contribution is -2.58. The topological polar surface area (TPSA) is 46.3 Å². The fraction of sp³-hybridized carbons (Fsp3) is 0.882. The largest absolute Gasteiger partial charge is 0.392 e. The standard InChI is InChI=1S/C17H28N2OS/c18-15(21)17(10-4-1-5-11-17)16(20)19-12-6-8-13-7-2-3-9-14(13)19/h13-14H,1-12H2,(H2,18,21). The van der Waals surface area contributed by atoms with Crippen LogP contribution in [-0.2, 0) is 4.79 Å². The van der Waals surface area contributed by atoms with Gasteiger partial charge in [0.05, 0.1) is 10.4 Å². The second kappa shape index (κ2) is 6.23. The molecule has 2 aliphatic carbocycles. The normalized spacial score (nSPS) is 32.3. The highest BCUT2D eigenvalue weighted by molar-refractivity contribution is 7.80. The second-order valence-electron chi connectivity index (χ2n) is 7.26. The summed E-state index contributed by atoms with van der Waals surface area (Å²) in [4.78, 5) is 16.0. The van der Waals surface area contributed by atoms with E-state index in [0.717, 1.165) is 44.6 Å². The van der Waals surface area contributed by atoms with Crippen molar-refractivity contribution in [2.45, 2.75) is 76.7 Å². The Hall–Kier alpha value is -0.640. The molecule has 118 valence electrons. The number of hydrogen-bond acceptors (Lipinski definition) is 2. The third-order valence-electron chi connectivity index (χ3n) is 6.09. The molecule has 0 radical (unpaired) electrons. The molecule has 0 spiro atoms. The predicted molar refractivity (Wildman–Crippen MR) is 89.0 cm³/mol. The zero-order chi connectivity index (χ0) is 14.9. The van der Waals surface area contributed by atoms with E-state index in [4.69, 9.17) is 18.0 Å². The summed E-state index contributed by atoms with van der Waals surface area (Å²) in [5.41, 5.74) is 5.54. The number of nitrogens with zero attached hydrogens (tertiary/aromatic N) is 1. The van der Waals surface area contributed by atoms with E-state index in [-0.39, 0.29) is 5.91 Å². The van der Waals surface area contributed by atoms with E-state index in [1.54, 1.807) is 0 Å². The van der Waals surface area contributed by atoms with Gasteiger partial charge in [-0.25, -0.2) is 0 Å². The maximum absolute atomic E-state index is 13.3. The van der Waals surface area contributed by atoms with Crippen LogP contribution in [0, 0.1) is 11.3 Å². The third kappa shape index (κ3) is 2.71. The van der Waals surface area contributed by atoms with E-state index in [2.05, 4.69) is 4.90 Å². The number of carbonyl (C=O) groups excluding carboxylic acids is 1. The minimum atomic E-state index is -0.521. The molecule has 1 heterocycles. The van der Waals surface area contributed by atoms with Crippen molar-refractivity contribution < 1.29 is 4.79 Å². The molecule has 0 bridgehead atoms. The first-order valence-corrected chi connectivity index (χ1v) is 9.17. The first kappa shape index (κ1) is 15.3. The quantitative estimate of drug-likeness (QED) is 0.795. The molecule has 3 rings (SSSR count). The molecule has 1 saturated heterocycles. The summed E-state index contributed by atoms with van der Waals surface area (Å²) < 4.78 is 0. The van der Waals surface area contributed by atoms with E-state index in [1.807, 2.05) is 0 Å². The Labute approximate surface area is 133 Å². The highest BCUT2D eigenvalue weighted by atomic mass is 32.1. The molecule has 0 aromatic carbocycles. The second-order valence-corrected chi connectivity index (χ2v) is 7.70. The summed E-state index contributed by atoms with van der Waals surface area (Å²) in [5, 5.41) is 0. The monoisotopic (exact) mass is 308 g/mol. The van der Waals surface area contributed by atoms with Gasteiger partial charge >= 0.3 is 0 Å². The van der Waals surface area contributed by atoms with E-state index >= 15 is 0 Å². The van der Waals surface area contributed by atoms with Crippen LogP contribution in [0.1, 0.15) is 70.6 Å². The number of likely N-dealkylation sites (tertiary alicyclic amines) is 1. The van der Waals surface area contributed by atoms with Gasteiger partial charge in [-0.3, -0.25) is 4.79 Å². The molecule has 3 aliphatic rings. The molecule has 3 fully saturated rings. The molecule has 0 aromatic rings. The summed E-state index contributed by atoms with van der Waals surface area (Å²) in [6.45, 7) is 0.921. The molecule has 2 unspecified atom stereocenters. The first-order valence-electron chi connectivity index (χ1n) is 8.76. The van der Waals surface area contributed by atoms with E-state index in [1.165, 1.54) is 38.5 Å². The molecular weight excluding hydrogens is 280 g/mol. The molecule has 2 N–H and O–H groups in total. The average molecular weight is 308 g/mol. The number of rotatable bonds is 2. The Bertz CT molecular complexity index is 415. The number of carbonyl (C=O) groups is 1. The number of fused-ring (bicyclic) bond motifs is 1. The molecule has 1 aliphatic heterocycles. The van der Waals surface area contributed by atoms with Gasteiger partial charge in [-0.1, -0.05) is 44.3 Å².